The molecule has 0 saturated heterocycles. The molecule has 4 aromatic rings. The van der Waals surface area contributed by atoms with E-state index < -0.39 is 0 Å². The summed E-state index contributed by atoms with van der Waals surface area (Å²) >= 11 is 1.71. The van der Waals surface area contributed by atoms with Crippen LogP contribution >= 0.6 is 11.8 Å². The summed E-state index contributed by atoms with van der Waals surface area (Å²) in [7, 11) is 0. The number of rotatable bonds is 10. The van der Waals surface area contributed by atoms with Crippen molar-refractivity contribution in [2.24, 2.45) is 0 Å². The van der Waals surface area contributed by atoms with Gasteiger partial charge in [0.25, 0.3) is 5.91 Å². The molecule has 1 aromatic heterocycles. The quantitative estimate of drug-likeness (QED) is 0.279. The molecule has 0 radical (unpaired) electrons. The Morgan fingerprint density at radius 2 is 1.64 bits per heavy atom. The molecular weight excluding hydrogens is 468 g/mol. The first-order valence-electron chi connectivity index (χ1n) is 12.2. The first-order chi connectivity index (χ1) is 17.5. The topological polar surface area (TPSA) is 76.0 Å². The second-order valence-electron chi connectivity index (χ2n) is 9.04. The van der Waals surface area contributed by atoms with Gasteiger partial charge >= 0.3 is 0 Å². The van der Waals surface area contributed by atoms with Crippen LogP contribution in [-0.4, -0.2) is 33.4 Å². The standard InChI is InChI=1S/C29H32N4O2S/c1-20(2)21-13-15-23(16-14-21)30-27(34)19-33-26-12-8-7-11-24(26)31-28(33)25(17-18-36-3)32-29(35)22-9-5-4-6-10-22/h4-16,20,25H,17-19H2,1-3H3,(H,30,34)(H,32,35). The Labute approximate surface area is 216 Å². The van der Waals surface area contributed by atoms with Gasteiger partial charge in [-0.25, -0.2) is 4.98 Å². The minimum absolute atomic E-state index is 0.0960. The second kappa shape index (κ2) is 11.9. The normalized spacial score (nSPS) is 12.0. The van der Waals surface area contributed by atoms with E-state index in [2.05, 4.69) is 24.5 Å². The Balaban J connectivity index is 1.62. The van der Waals surface area contributed by atoms with Crippen LogP contribution in [0, 0.1) is 0 Å². The molecule has 1 atom stereocenters. The molecule has 0 bridgehead atoms. The predicted molar refractivity (Wildman–Crippen MR) is 149 cm³/mol. The Kier molecular flexibility index (Phi) is 8.44. The summed E-state index contributed by atoms with van der Waals surface area (Å²) < 4.78 is 1.92. The van der Waals surface area contributed by atoms with Crippen LogP contribution in [0.25, 0.3) is 11.0 Å². The predicted octanol–water partition coefficient (Wildman–Crippen LogP) is 6.02. The highest BCUT2D eigenvalue weighted by Gasteiger charge is 2.24. The van der Waals surface area contributed by atoms with Crippen LogP contribution in [0.2, 0.25) is 0 Å². The van der Waals surface area contributed by atoms with Crippen molar-refractivity contribution >= 4 is 40.3 Å². The molecule has 0 fully saturated rings. The van der Waals surface area contributed by atoms with Crippen LogP contribution in [0.1, 0.15) is 54.0 Å². The average molecular weight is 501 g/mol. The van der Waals surface area contributed by atoms with Crippen LogP contribution in [0.15, 0.2) is 78.9 Å². The Hall–Kier alpha value is -3.58. The molecule has 4 rings (SSSR count). The van der Waals surface area contributed by atoms with Gasteiger partial charge in [-0.15, -0.1) is 0 Å². The highest BCUT2D eigenvalue weighted by atomic mass is 32.2. The molecule has 0 aliphatic rings. The lowest BCUT2D eigenvalue weighted by molar-refractivity contribution is -0.116. The number of carbonyl (C=O) groups excluding carboxylic acids is 2. The molecular formula is C29H32N4O2S. The van der Waals surface area contributed by atoms with Crippen molar-refractivity contribution in [3.63, 3.8) is 0 Å². The summed E-state index contributed by atoms with van der Waals surface area (Å²) in [6.07, 6.45) is 2.73. The Morgan fingerprint density at radius 1 is 0.944 bits per heavy atom. The summed E-state index contributed by atoms with van der Waals surface area (Å²) in [6.45, 7) is 4.38. The molecule has 0 spiro atoms. The zero-order valence-corrected chi connectivity index (χ0v) is 21.7. The number of nitrogens with zero attached hydrogens (tertiary/aromatic N) is 2. The van der Waals surface area contributed by atoms with Gasteiger partial charge in [0.05, 0.1) is 17.1 Å². The molecule has 1 heterocycles. The van der Waals surface area contributed by atoms with Crippen molar-refractivity contribution < 1.29 is 9.59 Å². The smallest absolute Gasteiger partial charge is 0.251 e. The van der Waals surface area contributed by atoms with E-state index in [0.29, 0.717) is 23.7 Å². The Bertz CT molecular complexity index is 1320. The van der Waals surface area contributed by atoms with E-state index in [1.807, 2.05) is 77.6 Å². The minimum atomic E-state index is -0.337. The number of benzene rings is 3. The second-order valence-corrected chi connectivity index (χ2v) is 10.0. The summed E-state index contributed by atoms with van der Waals surface area (Å²) in [5, 5.41) is 6.17. The van der Waals surface area contributed by atoms with Crippen molar-refractivity contribution in [3.05, 3.63) is 95.8 Å². The maximum Gasteiger partial charge on any atom is 0.251 e. The van der Waals surface area contributed by atoms with Gasteiger partial charge in [0.1, 0.15) is 12.4 Å². The molecule has 7 heteroatoms. The van der Waals surface area contributed by atoms with Crippen LogP contribution in [-0.2, 0) is 11.3 Å². The number of anilines is 1. The third-order valence-electron chi connectivity index (χ3n) is 6.11. The first-order valence-corrected chi connectivity index (χ1v) is 13.6. The highest BCUT2D eigenvalue weighted by molar-refractivity contribution is 7.98. The van der Waals surface area contributed by atoms with Gasteiger partial charge in [-0.2, -0.15) is 11.8 Å². The number of hydrogen-bond donors (Lipinski definition) is 2. The number of imidazole rings is 1. The van der Waals surface area contributed by atoms with Gasteiger partial charge in [0.15, 0.2) is 0 Å². The number of hydrogen-bond acceptors (Lipinski definition) is 4. The van der Waals surface area contributed by atoms with Gasteiger partial charge in [-0.1, -0.05) is 56.3 Å². The summed E-state index contributed by atoms with van der Waals surface area (Å²) in [4.78, 5) is 31.0. The number of nitrogens with one attached hydrogen (secondary N) is 2. The molecule has 2 amide bonds. The lowest BCUT2D eigenvalue weighted by atomic mass is 10.0. The largest absolute Gasteiger partial charge is 0.342 e. The van der Waals surface area contributed by atoms with Crippen molar-refractivity contribution in [3.8, 4) is 0 Å². The lowest BCUT2D eigenvalue weighted by Gasteiger charge is -2.20. The van der Waals surface area contributed by atoms with E-state index in [1.54, 1.807) is 23.9 Å². The van der Waals surface area contributed by atoms with E-state index in [4.69, 9.17) is 4.98 Å². The van der Waals surface area contributed by atoms with Crippen molar-refractivity contribution in [2.75, 3.05) is 17.3 Å². The molecule has 0 aliphatic heterocycles. The van der Waals surface area contributed by atoms with E-state index in [9.17, 15) is 9.59 Å². The Morgan fingerprint density at radius 3 is 2.33 bits per heavy atom. The maximum atomic E-state index is 13.1. The number of para-hydroxylation sites is 2. The third-order valence-corrected chi connectivity index (χ3v) is 6.75. The number of thioether (sulfide) groups is 1. The van der Waals surface area contributed by atoms with Gasteiger partial charge < -0.3 is 15.2 Å². The zero-order valence-electron chi connectivity index (χ0n) is 20.9. The zero-order chi connectivity index (χ0) is 25.5. The van der Waals surface area contributed by atoms with E-state index in [0.717, 1.165) is 22.5 Å². The van der Waals surface area contributed by atoms with Crippen LogP contribution in [0.4, 0.5) is 5.69 Å². The summed E-state index contributed by atoms with van der Waals surface area (Å²) in [6, 6.07) is 24.5. The lowest BCUT2D eigenvalue weighted by Crippen LogP contribution is -2.32. The molecule has 36 heavy (non-hydrogen) atoms. The molecule has 1 unspecified atom stereocenters. The van der Waals surface area contributed by atoms with Gasteiger partial charge in [0, 0.05) is 11.3 Å². The fourth-order valence-corrected chi connectivity index (χ4v) is 4.63. The monoisotopic (exact) mass is 500 g/mol. The van der Waals surface area contributed by atoms with Gasteiger partial charge in [0.2, 0.25) is 5.91 Å². The van der Waals surface area contributed by atoms with Crippen molar-refractivity contribution in [1.29, 1.82) is 0 Å². The molecule has 3 aromatic carbocycles. The number of aromatic nitrogens is 2. The van der Waals surface area contributed by atoms with Gasteiger partial charge in [-0.3, -0.25) is 9.59 Å². The van der Waals surface area contributed by atoms with Crippen LogP contribution in [0.5, 0.6) is 0 Å². The molecule has 186 valence electrons. The molecule has 6 nitrogen and oxygen atoms in total. The molecule has 0 aliphatic carbocycles. The van der Waals surface area contributed by atoms with Crippen molar-refractivity contribution in [1.82, 2.24) is 14.9 Å². The van der Waals surface area contributed by atoms with E-state index in [1.165, 1.54) is 5.56 Å². The van der Waals surface area contributed by atoms with Crippen LogP contribution in [0.3, 0.4) is 0 Å². The summed E-state index contributed by atoms with van der Waals surface area (Å²) in [5.74, 6) is 1.65. The van der Waals surface area contributed by atoms with Crippen LogP contribution < -0.4 is 10.6 Å². The number of carbonyl (C=O) groups is 2. The average Bonchev–Trinajstić information content (AvgIpc) is 3.25. The highest BCUT2D eigenvalue weighted by Crippen LogP contribution is 2.25. The third kappa shape index (κ3) is 6.15. The summed E-state index contributed by atoms with van der Waals surface area (Å²) in [5.41, 5.74) is 4.23. The molecule has 0 saturated carbocycles. The fraction of sp³-hybridized carbons (Fsp3) is 0.276. The number of fused-ring (bicyclic) bond motifs is 1. The van der Waals surface area contributed by atoms with Gasteiger partial charge in [-0.05, 0) is 66.3 Å². The minimum Gasteiger partial charge on any atom is -0.342 e. The molecule has 2 N–H and O–H groups in total. The fourth-order valence-electron chi connectivity index (χ4n) is 4.15. The van der Waals surface area contributed by atoms with E-state index in [-0.39, 0.29) is 24.4 Å². The first kappa shape index (κ1) is 25.5. The maximum absolute atomic E-state index is 13.1. The SMILES string of the molecule is CSCCC(NC(=O)c1ccccc1)c1nc2ccccc2n1CC(=O)Nc1ccc(C(C)C)cc1. The van der Waals surface area contributed by atoms with E-state index >= 15 is 0 Å². The van der Waals surface area contributed by atoms with Crippen molar-refractivity contribution in [2.45, 2.75) is 38.8 Å². The number of amides is 2.